The molecule has 0 aromatic heterocycles. The minimum absolute atomic E-state index is 0.0577. The van der Waals surface area contributed by atoms with E-state index in [4.69, 9.17) is 9.47 Å². The van der Waals surface area contributed by atoms with Gasteiger partial charge in [0.15, 0.2) is 18.0 Å². The van der Waals surface area contributed by atoms with Gasteiger partial charge < -0.3 is 19.7 Å². The van der Waals surface area contributed by atoms with E-state index in [0.717, 1.165) is 30.9 Å². The zero-order valence-corrected chi connectivity index (χ0v) is 15.2. The standard InChI is InChI=1S/C21H23FN2O3/c22-17-5-2-1-4-16(17)13-23-21(25)14-24-9-3-6-18(24)15-7-8-19-20(12-15)27-11-10-26-19/h1-2,4-5,7-8,12,18H,3,6,9-11,13-14H2,(H,23,25)/p+1/t18-/m0/s1. The first-order chi connectivity index (χ1) is 13.2. The SMILES string of the molecule is O=C(C[NH+]1CCC[C@H]1c1ccc2c(c1)OCCO2)NCc1ccccc1F. The van der Waals surface area contributed by atoms with Crippen molar-refractivity contribution in [2.24, 2.45) is 0 Å². The van der Waals surface area contributed by atoms with E-state index in [0.29, 0.717) is 25.3 Å². The van der Waals surface area contributed by atoms with Crippen molar-refractivity contribution < 1.29 is 23.6 Å². The lowest BCUT2D eigenvalue weighted by atomic mass is 10.0. The van der Waals surface area contributed by atoms with Gasteiger partial charge in [-0.3, -0.25) is 4.79 Å². The number of carbonyl (C=O) groups excluding carboxylic acids is 1. The molecule has 2 aromatic rings. The zero-order chi connectivity index (χ0) is 18.6. The molecule has 4 rings (SSSR count). The first-order valence-corrected chi connectivity index (χ1v) is 9.45. The smallest absolute Gasteiger partial charge is 0.275 e. The number of amides is 1. The van der Waals surface area contributed by atoms with E-state index in [2.05, 4.69) is 11.4 Å². The molecule has 2 N–H and O–H groups in total. The van der Waals surface area contributed by atoms with Crippen LogP contribution >= 0.6 is 0 Å². The van der Waals surface area contributed by atoms with Gasteiger partial charge in [0.1, 0.15) is 25.1 Å². The van der Waals surface area contributed by atoms with Crippen LogP contribution in [0.4, 0.5) is 4.39 Å². The van der Waals surface area contributed by atoms with E-state index in [1.54, 1.807) is 18.2 Å². The molecule has 2 heterocycles. The lowest BCUT2D eigenvalue weighted by Gasteiger charge is -2.24. The summed E-state index contributed by atoms with van der Waals surface area (Å²) in [4.78, 5) is 13.6. The third-order valence-electron chi connectivity index (χ3n) is 5.27. The number of rotatable bonds is 5. The summed E-state index contributed by atoms with van der Waals surface area (Å²) in [5.41, 5.74) is 1.68. The van der Waals surface area contributed by atoms with E-state index in [1.165, 1.54) is 16.5 Å². The van der Waals surface area contributed by atoms with Crippen LogP contribution in [0.1, 0.15) is 30.0 Å². The fourth-order valence-electron chi connectivity index (χ4n) is 3.91. The molecule has 2 aliphatic heterocycles. The summed E-state index contributed by atoms with van der Waals surface area (Å²) in [6.45, 7) is 2.69. The topological polar surface area (TPSA) is 52.0 Å². The minimum atomic E-state index is -0.291. The van der Waals surface area contributed by atoms with Gasteiger partial charge in [0.05, 0.1) is 6.54 Å². The van der Waals surface area contributed by atoms with Gasteiger partial charge in [0.25, 0.3) is 5.91 Å². The Kier molecular flexibility index (Phi) is 5.25. The number of likely N-dealkylation sites (tertiary alicyclic amines) is 1. The minimum Gasteiger partial charge on any atom is -0.486 e. The second kappa shape index (κ2) is 7.96. The lowest BCUT2D eigenvalue weighted by molar-refractivity contribution is -0.910. The fourth-order valence-corrected chi connectivity index (χ4v) is 3.91. The van der Waals surface area contributed by atoms with E-state index in [9.17, 15) is 9.18 Å². The molecule has 5 nitrogen and oxygen atoms in total. The van der Waals surface area contributed by atoms with Crippen LogP contribution in [0.25, 0.3) is 0 Å². The molecule has 2 aromatic carbocycles. The Labute approximate surface area is 158 Å². The fraction of sp³-hybridized carbons (Fsp3) is 0.381. The third kappa shape index (κ3) is 4.06. The van der Waals surface area contributed by atoms with Crippen LogP contribution in [0, 0.1) is 5.82 Å². The molecule has 0 bridgehead atoms. The molecule has 2 atom stereocenters. The van der Waals surface area contributed by atoms with Crippen molar-refractivity contribution in [1.82, 2.24) is 5.32 Å². The summed E-state index contributed by atoms with van der Waals surface area (Å²) < 4.78 is 25.0. The number of benzene rings is 2. The number of carbonyl (C=O) groups is 1. The Hall–Kier alpha value is -2.60. The van der Waals surface area contributed by atoms with E-state index in [-0.39, 0.29) is 24.3 Å². The number of fused-ring (bicyclic) bond motifs is 1. The van der Waals surface area contributed by atoms with Gasteiger partial charge in [-0.1, -0.05) is 18.2 Å². The Morgan fingerprint density at radius 1 is 1.15 bits per heavy atom. The Balaban J connectivity index is 1.38. The number of quaternary nitrogens is 1. The highest BCUT2D eigenvalue weighted by Crippen LogP contribution is 2.33. The van der Waals surface area contributed by atoms with Crippen LogP contribution in [0.5, 0.6) is 11.5 Å². The third-order valence-corrected chi connectivity index (χ3v) is 5.27. The second-order valence-electron chi connectivity index (χ2n) is 7.05. The predicted octanol–water partition coefficient (Wildman–Crippen LogP) is 1.63. The average Bonchev–Trinajstić information content (AvgIpc) is 3.15. The van der Waals surface area contributed by atoms with Crippen molar-refractivity contribution in [3.63, 3.8) is 0 Å². The number of hydrogen-bond donors (Lipinski definition) is 2. The molecule has 1 unspecified atom stereocenters. The van der Waals surface area contributed by atoms with Gasteiger partial charge in [-0.05, 0) is 24.3 Å². The molecule has 0 radical (unpaired) electrons. The first-order valence-electron chi connectivity index (χ1n) is 9.45. The maximum Gasteiger partial charge on any atom is 0.275 e. The quantitative estimate of drug-likeness (QED) is 0.840. The van der Waals surface area contributed by atoms with Gasteiger partial charge in [-0.15, -0.1) is 0 Å². The average molecular weight is 371 g/mol. The molecular formula is C21H24FN2O3+. The van der Waals surface area contributed by atoms with Gasteiger partial charge in [0.2, 0.25) is 0 Å². The van der Waals surface area contributed by atoms with Gasteiger partial charge >= 0.3 is 0 Å². The number of nitrogens with one attached hydrogen (secondary N) is 2. The maximum atomic E-state index is 13.7. The van der Waals surface area contributed by atoms with Gasteiger partial charge in [-0.25, -0.2) is 4.39 Å². The maximum absolute atomic E-state index is 13.7. The molecular weight excluding hydrogens is 347 g/mol. The van der Waals surface area contributed by atoms with E-state index in [1.807, 2.05) is 12.1 Å². The van der Waals surface area contributed by atoms with Crippen molar-refractivity contribution in [1.29, 1.82) is 0 Å². The normalized spacial score (nSPS) is 21.1. The van der Waals surface area contributed by atoms with Crippen LogP contribution in [0.2, 0.25) is 0 Å². The van der Waals surface area contributed by atoms with Crippen molar-refractivity contribution in [2.75, 3.05) is 26.3 Å². The Morgan fingerprint density at radius 3 is 2.81 bits per heavy atom. The molecule has 142 valence electrons. The van der Waals surface area contributed by atoms with Crippen LogP contribution in [-0.4, -0.2) is 32.2 Å². The molecule has 0 spiro atoms. The van der Waals surface area contributed by atoms with Crippen LogP contribution in [-0.2, 0) is 11.3 Å². The lowest BCUT2D eigenvalue weighted by Crippen LogP contribution is -3.11. The molecule has 0 saturated carbocycles. The molecule has 1 fully saturated rings. The molecule has 1 amide bonds. The van der Waals surface area contributed by atoms with Gasteiger partial charge in [0, 0.05) is 30.5 Å². The monoisotopic (exact) mass is 371 g/mol. The summed E-state index contributed by atoms with van der Waals surface area (Å²) >= 11 is 0. The van der Waals surface area contributed by atoms with Crippen molar-refractivity contribution in [3.05, 3.63) is 59.4 Å². The van der Waals surface area contributed by atoms with Crippen LogP contribution < -0.4 is 19.7 Å². The zero-order valence-electron chi connectivity index (χ0n) is 15.2. The molecule has 27 heavy (non-hydrogen) atoms. The van der Waals surface area contributed by atoms with Crippen molar-refractivity contribution >= 4 is 5.91 Å². The molecule has 0 aliphatic carbocycles. The van der Waals surface area contributed by atoms with E-state index < -0.39 is 0 Å². The Bertz CT molecular complexity index is 827. The molecule has 1 saturated heterocycles. The van der Waals surface area contributed by atoms with Crippen LogP contribution in [0.15, 0.2) is 42.5 Å². The number of ether oxygens (including phenoxy) is 2. The second-order valence-corrected chi connectivity index (χ2v) is 7.05. The predicted molar refractivity (Wildman–Crippen MR) is 98.4 cm³/mol. The van der Waals surface area contributed by atoms with Crippen LogP contribution in [0.3, 0.4) is 0 Å². The molecule has 2 aliphatic rings. The molecule has 6 heteroatoms. The Morgan fingerprint density at radius 2 is 1.96 bits per heavy atom. The highest BCUT2D eigenvalue weighted by atomic mass is 19.1. The van der Waals surface area contributed by atoms with Crippen molar-refractivity contribution in [2.45, 2.75) is 25.4 Å². The summed E-state index contributed by atoms with van der Waals surface area (Å²) in [6.07, 6.45) is 2.12. The summed E-state index contributed by atoms with van der Waals surface area (Å²) in [5.74, 6) is 1.22. The highest BCUT2D eigenvalue weighted by Gasteiger charge is 2.32. The summed E-state index contributed by atoms with van der Waals surface area (Å²) in [7, 11) is 0. The number of halogens is 1. The summed E-state index contributed by atoms with van der Waals surface area (Å²) in [5, 5.41) is 2.84. The summed E-state index contributed by atoms with van der Waals surface area (Å²) in [6, 6.07) is 12.9. The van der Waals surface area contributed by atoms with E-state index >= 15 is 0 Å². The first kappa shape index (κ1) is 17.8. The highest BCUT2D eigenvalue weighted by molar-refractivity contribution is 5.76. The largest absolute Gasteiger partial charge is 0.486 e. The number of hydrogen-bond acceptors (Lipinski definition) is 3. The van der Waals surface area contributed by atoms with Gasteiger partial charge in [-0.2, -0.15) is 0 Å². The van der Waals surface area contributed by atoms with Crippen molar-refractivity contribution in [3.8, 4) is 11.5 Å².